The molecule has 13 nitrogen and oxygen atoms in total. The minimum atomic E-state index is -1.82. The molecule has 0 unspecified atom stereocenters. The number of ether oxygens (including phenoxy) is 1. The highest BCUT2D eigenvalue weighted by Gasteiger charge is 2.34. The van der Waals surface area contributed by atoms with Crippen molar-refractivity contribution in [3.8, 4) is 5.75 Å². The number of carboxylic acids is 2. The quantitative estimate of drug-likeness (QED) is 0.201. The van der Waals surface area contributed by atoms with Crippen molar-refractivity contribution < 1.29 is 39.1 Å². The van der Waals surface area contributed by atoms with Crippen LogP contribution in [0.2, 0.25) is 0 Å². The van der Waals surface area contributed by atoms with Gasteiger partial charge < -0.3 is 29.6 Å². The lowest BCUT2D eigenvalue weighted by Crippen LogP contribution is -2.53. The first-order chi connectivity index (χ1) is 20.5. The van der Waals surface area contributed by atoms with E-state index in [4.69, 9.17) is 24.5 Å². The van der Waals surface area contributed by atoms with Gasteiger partial charge >= 0.3 is 17.6 Å². The average Bonchev–Trinajstić information content (AvgIpc) is 3.01. The van der Waals surface area contributed by atoms with E-state index < -0.39 is 16.9 Å². The average molecular weight is 607 g/mol. The third-order valence-corrected chi connectivity index (χ3v) is 8.22. The fourth-order valence-corrected chi connectivity index (χ4v) is 5.87. The van der Waals surface area contributed by atoms with Gasteiger partial charge in [0.05, 0.1) is 12.0 Å². The molecule has 0 bridgehead atoms. The van der Waals surface area contributed by atoms with Crippen molar-refractivity contribution >= 4 is 29.4 Å². The predicted octanol–water partition coefficient (Wildman–Crippen LogP) is 4.04. The number of carbonyl (C=O) groups excluding carboxylic acids is 2. The zero-order chi connectivity index (χ0) is 31.9. The highest BCUT2D eigenvalue weighted by atomic mass is 16.6. The summed E-state index contributed by atoms with van der Waals surface area (Å²) in [4.78, 5) is 62.6. The zero-order valence-corrected chi connectivity index (χ0v) is 25.5. The number of rotatable bonds is 12. The summed E-state index contributed by atoms with van der Waals surface area (Å²) in [6.07, 6.45) is 11.2. The highest BCUT2D eigenvalue weighted by Crippen LogP contribution is 2.31. The molecule has 2 aliphatic rings. The predicted molar refractivity (Wildman–Crippen MR) is 159 cm³/mol. The second-order valence-corrected chi connectivity index (χ2v) is 10.9. The Hall–Kier alpha value is -3.74. The van der Waals surface area contributed by atoms with E-state index in [1.54, 1.807) is 4.90 Å². The number of nitrogens with zero attached hydrogens (tertiary/aromatic N) is 4. The Morgan fingerprint density at radius 3 is 1.81 bits per heavy atom. The van der Waals surface area contributed by atoms with E-state index in [1.165, 1.54) is 38.2 Å². The molecule has 2 aliphatic carbocycles. The Morgan fingerprint density at radius 1 is 0.884 bits per heavy atom. The number of hydrogen-bond donors (Lipinski definition) is 2. The molecular weight excluding hydrogens is 560 g/mol. The van der Waals surface area contributed by atoms with Gasteiger partial charge in [-0.2, -0.15) is 0 Å². The first-order valence-electron chi connectivity index (χ1n) is 15.1. The minimum absolute atomic E-state index is 0.0202. The monoisotopic (exact) mass is 606 g/mol. The number of hydrogen-bond acceptors (Lipinski definition) is 8. The minimum Gasteiger partial charge on any atom is -0.490 e. The van der Waals surface area contributed by atoms with Crippen LogP contribution in [-0.2, 0) is 14.4 Å². The lowest BCUT2D eigenvalue weighted by molar-refractivity contribution is -0.385. The van der Waals surface area contributed by atoms with Crippen molar-refractivity contribution in [1.82, 2.24) is 14.7 Å². The fraction of sp³-hybridized carbons (Fsp3) is 0.667. The van der Waals surface area contributed by atoms with Gasteiger partial charge in [-0.3, -0.25) is 19.7 Å². The van der Waals surface area contributed by atoms with Crippen molar-refractivity contribution in [2.24, 2.45) is 0 Å². The van der Waals surface area contributed by atoms with Gasteiger partial charge in [-0.15, -0.1) is 0 Å². The Kier molecular flexibility index (Phi) is 14.9. The number of benzene rings is 1. The Labute approximate surface area is 252 Å². The van der Waals surface area contributed by atoms with Gasteiger partial charge in [-0.25, -0.2) is 9.59 Å². The van der Waals surface area contributed by atoms with Crippen LogP contribution in [0.25, 0.3) is 0 Å². The maximum Gasteiger partial charge on any atom is 0.414 e. The summed E-state index contributed by atoms with van der Waals surface area (Å²) >= 11 is 0. The van der Waals surface area contributed by atoms with Crippen molar-refractivity contribution in [2.45, 2.75) is 90.1 Å². The van der Waals surface area contributed by atoms with Crippen molar-refractivity contribution in [3.05, 3.63) is 33.9 Å². The number of amides is 2. The van der Waals surface area contributed by atoms with Crippen LogP contribution in [0.3, 0.4) is 0 Å². The van der Waals surface area contributed by atoms with Crippen LogP contribution in [0.15, 0.2) is 18.2 Å². The van der Waals surface area contributed by atoms with E-state index in [0.29, 0.717) is 13.1 Å². The Morgan fingerprint density at radius 2 is 1.40 bits per heavy atom. The molecule has 0 radical (unpaired) electrons. The molecule has 2 fully saturated rings. The van der Waals surface area contributed by atoms with Gasteiger partial charge in [0.15, 0.2) is 5.75 Å². The van der Waals surface area contributed by atoms with Crippen LogP contribution >= 0.6 is 0 Å². The Balaban J connectivity index is 0.000000973. The van der Waals surface area contributed by atoms with Crippen molar-refractivity contribution in [2.75, 3.05) is 39.8 Å². The maximum absolute atomic E-state index is 13.9. The molecule has 0 atom stereocenters. The fourth-order valence-electron chi connectivity index (χ4n) is 5.87. The third kappa shape index (κ3) is 10.8. The van der Waals surface area contributed by atoms with Crippen molar-refractivity contribution in [1.29, 1.82) is 0 Å². The van der Waals surface area contributed by atoms with Gasteiger partial charge in [0.2, 0.25) is 5.91 Å². The molecule has 1 aromatic carbocycles. The van der Waals surface area contributed by atoms with Gasteiger partial charge in [0.25, 0.3) is 5.91 Å². The van der Waals surface area contributed by atoms with Crippen LogP contribution in [0.4, 0.5) is 5.69 Å². The van der Waals surface area contributed by atoms with Crippen LogP contribution in [0.1, 0.15) is 88.4 Å². The summed E-state index contributed by atoms with van der Waals surface area (Å²) in [6, 6.07) is 4.67. The van der Waals surface area contributed by atoms with Crippen LogP contribution in [0.5, 0.6) is 5.75 Å². The molecule has 2 N–H and O–H groups in total. The molecule has 13 heteroatoms. The lowest BCUT2D eigenvalue weighted by Gasteiger charge is -2.42. The largest absolute Gasteiger partial charge is 0.490 e. The molecule has 0 spiro atoms. The molecule has 1 aromatic rings. The first-order valence-corrected chi connectivity index (χ1v) is 15.1. The SMILES string of the molecule is CCN(CC)CCN(CC(=O)N(C1CCCCC1)C1CCCCC1)C(=O)c1ccc([N+](=O)[O-])c(OC)c1.O=C(O)C(=O)O. The molecule has 0 saturated heterocycles. The molecule has 0 aliphatic heterocycles. The van der Waals surface area contributed by atoms with Crippen LogP contribution in [0, 0.1) is 10.1 Å². The highest BCUT2D eigenvalue weighted by molar-refractivity contribution is 6.27. The molecular formula is C30H46N4O9. The molecule has 43 heavy (non-hydrogen) atoms. The van der Waals surface area contributed by atoms with E-state index >= 15 is 0 Å². The third-order valence-electron chi connectivity index (χ3n) is 8.22. The summed E-state index contributed by atoms with van der Waals surface area (Å²) in [5.41, 5.74) is 0.0993. The molecule has 0 heterocycles. The number of likely N-dealkylation sites (N-methyl/N-ethyl adjacent to an activating group) is 1. The van der Waals surface area contributed by atoms with Gasteiger partial charge in [0.1, 0.15) is 6.54 Å². The standard InChI is InChI=1S/C28H44N4O5.C2H2O4/c1-4-29(5-2)18-19-30(28(34)22-16-17-25(32(35)36)26(20-22)37-3)21-27(33)31(23-12-8-6-9-13-23)24-14-10-7-11-15-24;3-1(4)2(5)6/h16-17,20,23-24H,4-15,18-19,21H2,1-3H3;(H,3,4)(H,5,6). The first kappa shape index (κ1) is 35.5. The molecule has 2 saturated carbocycles. The van der Waals surface area contributed by atoms with E-state index in [2.05, 4.69) is 23.6 Å². The number of carboxylic acid groups (broad SMARTS) is 2. The van der Waals surface area contributed by atoms with E-state index in [0.717, 1.165) is 64.5 Å². The van der Waals surface area contributed by atoms with Crippen LogP contribution in [-0.4, -0.2) is 106 Å². The number of aliphatic carboxylic acids is 2. The van der Waals surface area contributed by atoms with Gasteiger partial charge in [0, 0.05) is 42.9 Å². The zero-order valence-electron chi connectivity index (χ0n) is 25.5. The number of carbonyl (C=O) groups is 4. The summed E-state index contributed by atoms with van der Waals surface area (Å²) in [7, 11) is 1.35. The molecule has 2 amide bonds. The smallest absolute Gasteiger partial charge is 0.414 e. The summed E-state index contributed by atoms with van der Waals surface area (Å²) in [5, 5.41) is 26.1. The topological polar surface area (TPSA) is 171 Å². The molecule has 3 rings (SSSR count). The van der Waals surface area contributed by atoms with Crippen molar-refractivity contribution in [3.63, 3.8) is 0 Å². The second-order valence-electron chi connectivity index (χ2n) is 10.9. The van der Waals surface area contributed by atoms with Gasteiger partial charge in [-0.05, 0) is 44.8 Å². The number of nitro groups is 1. The maximum atomic E-state index is 13.9. The number of nitro benzene ring substituents is 1. The summed E-state index contributed by atoms with van der Waals surface area (Å²) in [5.74, 6) is -3.89. The lowest BCUT2D eigenvalue weighted by atomic mass is 9.88. The second kappa shape index (κ2) is 18.0. The normalized spacial score (nSPS) is 15.6. The molecule has 240 valence electrons. The summed E-state index contributed by atoms with van der Waals surface area (Å²) in [6.45, 7) is 6.96. The number of methoxy groups -OCH3 is 1. The van der Waals surface area contributed by atoms with Crippen LogP contribution < -0.4 is 4.74 Å². The van der Waals surface area contributed by atoms with Gasteiger partial charge in [-0.1, -0.05) is 52.4 Å². The van der Waals surface area contributed by atoms with E-state index in [9.17, 15) is 19.7 Å². The van der Waals surface area contributed by atoms with E-state index in [-0.39, 0.29) is 47.4 Å². The van der Waals surface area contributed by atoms with E-state index in [1.807, 2.05) is 0 Å². The molecule has 0 aromatic heterocycles. The summed E-state index contributed by atoms with van der Waals surface area (Å²) < 4.78 is 5.19. The Bertz CT molecular complexity index is 1070.